The molecular formula is C21H25ClN2O3S. The number of piperidine rings is 1. The Hall–Kier alpha value is -1.89. The van der Waals surface area contributed by atoms with Gasteiger partial charge in [-0.1, -0.05) is 47.9 Å². The van der Waals surface area contributed by atoms with E-state index in [1.165, 1.54) is 22.5 Å². The number of nitrogens with one attached hydrogen (secondary N) is 1. The van der Waals surface area contributed by atoms with Crippen LogP contribution in [0.15, 0.2) is 47.4 Å². The largest absolute Gasteiger partial charge is 0.345 e. The summed E-state index contributed by atoms with van der Waals surface area (Å²) in [5, 5.41) is 3.13. The van der Waals surface area contributed by atoms with E-state index in [0.717, 1.165) is 30.4 Å². The third-order valence-corrected chi connectivity index (χ3v) is 7.28. The van der Waals surface area contributed by atoms with Crippen LogP contribution in [0.4, 0.5) is 0 Å². The fourth-order valence-electron chi connectivity index (χ4n) is 3.31. The van der Waals surface area contributed by atoms with Gasteiger partial charge >= 0.3 is 0 Å². The number of nitrogens with zero attached hydrogens (tertiary/aromatic N) is 1. The van der Waals surface area contributed by atoms with Gasteiger partial charge in [-0.25, -0.2) is 8.42 Å². The highest BCUT2D eigenvalue weighted by Crippen LogP contribution is 2.26. The van der Waals surface area contributed by atoms with E-state index in [0.29, 0.717) is 13.1 Å². The highest BCUT2D eigenvalue weighted by atomic mass is 35.5. The first-order valence-corrected chi connectivity index (χ1v) is 11.3. The second-order valence-electron chi connectivity index (χ2n) is 7.21. The molecule has 5 nitrogen and oxygen atoms in total. The molecule has 2 aromatic rings. The number of benzene rings is 2. The lowest BCUT2D eigenvalue weighted by atomic mass is 10.1. The first-order chi connectivity index (χ1) is 13.3. The van der Waals surface area contributed by atoms with Crippen LogP contribution in [-0.4, -0.2) is 31.7 Å². The molecule has 0 radical (unpaired) electrons. The zero-order chi connectivity index (χ0) is 20.3. The molecule has 1 unspecified atom stereocenters. The summed E-state index contributed by atoms with van der Waals surface area (Å²) in [6.07, 6.45) is 2.75. The van der Waals surface area contributed by atoms with Crippen LogP contribution in [0.2, 0.25) is 5.02 Å². The van der Waals surface area contributed by atoms with E-state index in [9.17, 15) is 13.2 Å². The molecule has 0 bridgehead atoms. The molecule has 150 valence electrons. The molecule has 1 saturated heterocycles. The first-order valence-electron chi connectivity index (χ1n) is 9.46. The number of amides is 1. The predicted octanol–water partition coefficient (Wildman–Crippen LogP) is 4.31. The Balaban J connectivity index is 1.82. The van der Waals surface area contributed by atoms with E-state index >= 15 is 0 Å². The monoisotopic (exact) mass is 420 g/mol. The molecule has 28 heavy (non-hydrogen) atoms. The van der Waals surface area contributed by atoms with Gasteiger partial charge in [0, 0.05) is 13.1 Å². The summed E-state index contributed by atoms with van der Waals surface area (Å²) in [5.74, 6) is -0.395. The second kappa shape index (κ2) is 8.64. The lowest BCUT2D eigenvalue weighted by Gasteiger charge is -2.26. The second-order valence-corrected chi connectivity index (χ2v) is 9.56. The summed E-state index contributed by atoms with van der Waals surface area (Å²) < 4.78 is 27.3. The third-order valence-electron chi connectivity index (χ3n) is 5.06. The SMILES string of the molecule is Cc1ccc(C(C)NC(=O)c2cc(S(=O)(=O)N3CCCCC3)ccc2Cl)cc1. The van der Waals surface area contributed by atoms with Gasteiger partial charge in [-0.3, -0.25) is 4.79 Å². The van der Waals surface area contributed by atoms with Crippen molar-refractivity contribution in [3.63, 3.8) is 0 Å². The minimum atomic E-state index is -3.63. The molecule has 0 aliphatic carbocycles. The molecule has 1 amide bonds. The van der Waals surface area contributed by atoms with Gasteiger partial charge in [0.05, 0.1) is 21.5 Å². The van der Waals surface area contributed by atoms with Crippen molar-refractivity contribution in [3.05, 3.63) is 64.2 Å². The van der Waals surface area contributed by atoms with Gasteiger partial charge < -0.3 is 5.32 Å². The van der Waals surface area contributed by atoms with Crippen molar-refractivity contribution in [2.75, 3.05) is 13.1 Å². The van der Waals surface area contributed by atoms with Crippen molar-refractivity contribution in [2.24, 2.45) is 0 Å². The van der Waals surface area contributed by atoms with Crippen molar-refractivity contribution in [1.82, 2.24) is 9.62 Å². The molecule has 1 aliphatic heterocycles. The van der Waals surface area contributed by atoms with Crippen LogP contribution in [0.5, 0.6) is 0 Å². The van der Waals surface area contributed by atoms with E-state index in [-0.39, 0.29) is 21.5 Å². The molecular weight excluding hydrogens is 396 g/mol. The minimum absolute atomic E-state index is 0.104. The summed E-state index contributed by atoms with van der Waals surface area (Å²) >= 11 is 6.21. The summed E-state index contributed by atoms with van der Waals surface area (Å²) in [4.78, 5) is 12.9. The summed E-state index contributed by atoms with van der Waals surface area (Å²) in [5.41, 5.74) is 2.27. The van der Waals surface area contributed by atoms with E-state index < -0.39 is 15.9 Å². The first kappa shape index (κ1) is 20.8. The van der Waals surface area contributed by atoms with Crippen LogP contribution < -0.4 is 5.32 Å². The summed E-state index contributed by atoms with van der Waals surface area (Å²) in [6.45, 7) is 4.90. The molecule has 0 saturated carbocycles. The molecule has 3 rings (SSSR count). The van der Waals surface area contributed by atoms with Crippen LogP contribution in [0.25, 0.3) is 0 Å². The fourth-order valence-corrected chi connectivity index (χ4v) is 5.05. The molecule has 7 heteroatoms. The lowest BCUT2D eigenvalue weighted by molar-refractivity contribution is 0.0940. The fraction of sp³-hybridized carbons (Fsp3) is 0.381. The molecule has 0 spiro atoms. The Morgan fingerprint density at radius 1 is 1.07 bits per heavy atom. The number of aryl methyl sites for hydroxylation is 1. The van der Waals surface area contributed by atoms with Gasteiger partial charge in [0.2, 0.25) is 10.0 Å². The molecule has 1 fully saturated rings. The van der Waals surface area contributed by atoms with E-state index in [2.05, 4.69) is 5.32 Å². The maximum absolute atomic E-state index is 12.9. The number of sulfonamides is 1. The van der Waals surface area contributed by atoms with E-state index in [1.54, 1.807) is 0 Å². The van der Waals surface area contributed by atoms with Crippen LogP contribution >= 0.6 is 11.6 Å². The van der Waals surface area contributed by atoms with Crippen molar-refractivity contribution in [1.29, 1.82) is 0 Å². The average Bonchev–Trinajstić information content (AvgIpc) is 2.69. The van der Waals surface area contributed by atoms with Crippen LogP contribution in [0, 0.1) is 6.92 Å². The number of carbonyl (C=O) groups is 1. The van der Waals surface area contributed by atoms with Crippen molar-refractivity contribution >= 4 is 27.5 Å². The number of hydrogen-bond donors (Lipinski definition) is 1. The van der Waals surface area contributed by atoms with Crippen LogP contribution in [0.1, 0.15) is 53.7 Å². The maximum Gasteiger partial charge on any atom is 0.253 e. The highest BCUT2D eigenvalue weighted by Gasteiger charge is 2.27. The Bertz CT molecular complexity index is 952. The maximum atomic E-state index is 12.9. The summed E-state index contributed by atoms with van der Waals surface area (Å²) in [7, 11) is -3.63. The minimum Gasteiger partial charge on any atom is -0.345 e. The topological polar surface area (TPSA) is 66.5 Å². The molecule has 0 aromatic heterocycles. The smallest absolute Gasteiger partial charge is 0.253 e. The molecule has 2 aromatic carbocycles. The standard InChI is InChI=1S/C21H25ClN2O3S/c1-15-6-8-17(9-7-15)16(2)23-21(25)19-14-18(10-11-20(19)22)28(26,27)24-12-4-3-5-13-24/h6-11,14,16H,3-5,12-13H2,1-2H3,(H,23,25). The normalized spacial score (nSPS) is 16.5. The van der Waals surface area contributed by atoms with E-state index in [4.69, 9.17) is 11.6 Å². The Labute approximate surface area is 171 Å². The Kier molecular flexibility index (Phi) is 6.43. The van der Waals surface area contributed by atoms with Gasteiger partial charge in [0.25, 0.3) is 5.91 Å². The van der Waals surface area contributed by atoms with Crippen molar-refractivity contribution in [3.8, 4) is 0 Å². The zero-order valence-electron chi connectivity index (χ0n) is 16.1. The van der Waals surface area contributed by atoms with Gasteiger partial charge in [0.1, 0.15) is 0 Å². The van der Waals surface area contributed by atoms with Gasteiger partial charge in [-0.15, -0.1) is 0 Å². The van der Waals surface area contributed by atoms with Crippen molar-refractivity contribution < 1.29 is 13.2 Å². The van der Waals surface area contributed by atoms with Crippen LogP contribution in [-0.2, 0) is 10.0 Å². The lowest BCUT2D eigenvalue weighted by Crippen LogP contribution is -2.35. The number of carbonyl (C=O) groups excluding carboxylic acids is 1. The molecule has 1 heterocycles. The predicted molar refractivity (Wildman–Crippen MR) is 111 cm³/mol. The number of hydrogen-bond acceptors (Lipinski definition) is 3. The van der Waals surface area contributed by atoms with Crippen LogP contribution in [0.3, 0.4) is 0 Å². The highest BCUT2D eigenvalue weighted by molar-refractivity contribution is 7.89. The molecule has 1 aliphatic rings. The van der Waals surface area contributed by atoms with Gasteiger partial charge in [0.15, 0.2) is 0 Å². The van der Waals surface area contributed by atoms with E-state index in [1.807, 2.05) is 38.1 Å². The third kappa shape index (κ3) is 4.57. The Morgan fingerprint density at radius 2 is 1.71 bits per heavy atom. The zero-order valence-corrected chi connectivity index (χ0v) is 17.7. The average molecular weight is 421 g/mol. The van der Waals surface area contributed by atoms with Gasteiger partial charge in [-0.2, -0.15) is 4.31 Å². The van der Waals surface area contributed by atoms with Crippen molar-refractivity contribution in [2.45, 2.75) is 44.0 Å². The molecule has 1 N–H and O–H groups in total. The Morgan fingerprint density at radius 3 is 2.36 bits per heavy atom. The van der Waals surface area contributed by atoms with Gasteiger partial charge in [-0.05, 0) is 50.5 Å². The number of halogens is 1. The summed E-state index contributed by atoms with van der Waals surface area (Å²) in [6, 6.07) is 12.0. The molecule has 1 atom stereocenters. The quantitative estimate of drug-likeness (QED) is 0.783. The number of rotatable bonds is 5.